The molecule has 0 radical (unpaired) electrons. The first-order chi connectivity index (χ1) is 13.8. The van der Waals surface area contributed by atoms with Crippen molar-refractivity contribution in [2.45, 2.75) is 86.0 Å². The molecule has 0 fully saturated rings. The molecular formula is C23H33NO7. The van der Waals surface area contributed by atoms with Gasteiger partial charge in [-0.25, -0.2) is 4.79 Å². The average molecular weight is 436 g/mol. The summed E-state index contributed by atoms with van der Waals surface area (Å²) in [5.41, 5.74) is -4.22. The van der Waals surface area contributed by atoms with E-state index in [9.17, 15) is 19.2 Å². The zero-order chi connectivity index (χ0) is 24.2. The van der Waals surface area contributed by atoms with Crippen molar-refractivity contribution < 1.29 is 33.4 Å². The Morgan fingerprint density at radius 1 is 0.968 bits per heavy atom. The number of fused-ring (bicyclic) bond motifs is 1. The highest BCUT2D eigenvalue weighted by atomic mass is 16.6. The van der Waals surface area contributed by atoms with Crippen LogP contribution in [0.15, 0.2) is 23.3 Å². The van der Waals surface area contributed by atoms with E-state index >= 15 is 0 Å². The number of hydrogen-bond acceptors (Lipinski definition) is 8. The molecule has 0 aromatic rings. The fraction of sp³-hybridized carbons (Fsp3) is 0.652. The van der Waals surface area contributed by atoms with E-state index in [1.807, 2.05) is 20.8 Å². The Kier molecular flexibility index (Phi) is 5.96. The first kappa shape index (κ1) is 24.6. The summed E-state index contributed by atoms with van der Waals surface area (Å²) in [6, 6.07) is 0. The van der Waals surface area contributed by atoms with Gasteiger partial charge in [0.25, 0.3) is 0 Å². The molecule has 0 unspecified atom stereocenters. The zero-order valence-corrected chi connectivity index (χ0v) is 20.0. The van der Waals surface area contributed by atoms with Crippen LogP contribution in [0.1, 0.15) is 69.2 Å². The summed E-state index contributed by atoms with van der Waals surface area (Å²) in [7, 11) is 0. The number of hydrogen-bond donors (Lipinski definition) is 1. The third-order valence-electron chi connectivity index (χ3n) is 4.54. The van der Waals surface area contributed by atoms with Gasteiger partial charge in [0.1, 0.15) is 33.9 Å². The molecule has 2 rings (SSSR count). The first-order valence-corrected chi connectivity index (χ1v) is 10.2. The number of rotatable bonds is 3. The number of carbonyl (C=O) groups is 4. The Balaban J connectivity index is 2.78. The summed E-state index contributed by atoms with van der Waals surface area (Å²) < 4.78 is 17.0. The van der Waals surface area contributed by atoms with Crippen LogP contribution >= 0.6 is 0 Å². The monoisotopic (exact) mass is 435 g/mol. The van der Waals surface area contributed by atoms with E-state index in [2.05, 4.69) is 5.32 Å². The van der Waals surface area contributed by atoms with Crippen molar-refractivity contribution in [3.05, 3.63) is 23.3 Å². The van der Waals surface area contributed by atoms with Gasteiger partial charge in [-0.2, -0.15) is 0 Å². The van der Waals surface area contributed by atoms with Crippen LogP contribution in [0.2, 0.25) is 0 Å². The molecule has 1 aliphatic heterocycles. The van der Waals surface area contributed by atoms with Gasteiger partial charge in [0.2, 0.25) is 17.4 Å². The smallest absolute Gasteiger partial charge is 0.340 e. The van der Waals surface area contributed by atoms with E-state index in [-0.39, 0.29) is 17.2 Å². The van der Waals surface area contributed by atoms with Crippen molar-refractivity contribution in [1.29, 1.82) is 0 Å². The van der Waals surface area contributed by atoms with Crippen molar-refractivity contribution in [3.8, 4) is 0 Å². The van der Waals surface area contributed by atoms with Crippen LogP contribution in [-0.4, -0.2) is 40.2 Å². The molecule has 0 spiro atoms. The summed E-state index contributed by atoms with van der Waals surface area (Å²) in [5, 5.41) is 3.07. The highest BCUT2D eigenvalue weighted by Crippen LogP contribution is 2.51. The lowest BCUT2D eigenvalue weighted by Crippen LogP contribution is -2.51. The number of ether oxygens (including phenoxy) is 3. The Bertz CT molecular complexity index is 890. The molecule has 0 aromatic carbocycles. The maximum Gasteiger partial charge on any atom is 0.340 e. The van der Waals surface area contributed by atoms with E-state index in [0.29, 0.717) is 0 Å². The lowest BCUT2D eigenvalue weighted by atomic mass is 9.69. The first-order valence-electron chi connectivity index (χ1n) is 10.2. The number of carbonyl (C=O) groups excluding carboxylic acids is 4. The minimum Gasteiger partial charge on any atom is -0.459 e. The number of ketones is 2. The Labute approximate surface area is 183 Å². The SMILES string of the molecule is CC(C)(C)NC1=C(C(=O)OC(C)(C)C)[C@@H](C(=O)OC(C)(C)C)[C@@]2(C)C(=O)C(=O)C=C2O1. The van der Waals surface area contributed by atoms with Crippen molar-refractivity contribution in [3.63, 3.8) is 0 Å². The molecule has 2 aliphatic rings. The quantitative estimate of drug-likeness (QED) is 0.532. The summed E-state index contributed by atoms with van der Waals surface area (Å²) in [5.74, 6) is -4.75. The van der Waals surface area contributed by atoms with Crippen molar-refractivity contribution in [2.24, 2.45) is 11.3 Å². The van der Waals surface area contributed by atoms with Crippen molar-refractivity contribution in [2.75, 3.05) is 0 Å². The lowest BCUT2D eigenvalue weighted by Gasteiger charge is -2.41. The lowest BCUT2D eigenvalue weighted by molar-refractivity contribution is -0.169. The third kappa shape index (κ3) is 5.17. The molecule has 1 N–H and O–H groups in total. The molecule has 31 heavy (non-hydrogen) atoms. The highest BCUT2D eigenvalue weighted by molar-refractivity contribution is 6.47. The largest absolute Gasteiger partial charge is 0.459 e. The molecule has 8 nitrogen and oxygen atoms in total. The fourth-order valence-corrected chi connectivity index (χ4v) is 3.39. The molecule has 0 bridgehead atoms. The molecule has 2 atom stereocenters. The number of esters is 2. The molecule has 1 heterocycles. The molecule has 0 aromatic heterocycles. The second kappa shape index (κ2) is 7.50. The van der Waals surface area contributed by atoms with Gasteiger partial charge in [-0.05, 0) is 69.2 Å². The number of nitrogens with one attached hydrogen (secondary N) is 1. The van der Waals surface area contributed by atoms with Gasteiger partial charge >= 0.3 is 11.9 Å². The molecule has 0 saturated carbocycles. The van der Waals surface area contributed by atoms with Gasteiger partial charge in [0.05, 0.1) is 0 Å². The van der Waals surface area contributed by atoms with E-state index in [1.165, 1.54) is 6.92 Å². The third-order valence-corrected chi connectivity index (χ3v) is 4.54. The van der Waals surface area contributed by atoms with Crippen molar-refractivity contribution >= 4 is 23.5 Å². The molecular weight excluding hydrogens is 402 g/mol. The highest BCUT2D eigenvalue weighted by Gasteiger charge is 2.62. The van der Waals surface area contributed by atoms with Gasteiger partial charge in [-0.1, -0.05) is 0 Å². The van der Waals surface area contributed by atoms with E-state index in [4.69, 9.17) is 14.2 Å². The van der Waals surface area contributed by atoms with Gasteiger partial charge in [0.15, 0.2) is 0 Å². The normalized spacial score (nSPS) is 24.3. The van der Waals surface area contributed by atoms with Crippen LogP contribution in [0, 0.1) is 11.3 Å². The fourth-order valence-electron chi connectivity index (χ4n) is 3.39. The summed E-state index contributed by atoms with van der Waals surface area (Å²) in [4.78, 5) is 51.8. The van der Waals surface area contributed by atoms with Gasteiger partial charge in [-0.15, -0.1) is 0 Å². The van der Waals surface area contributed by atoms with Crippen LogP contribution in [0.3, 0.4) is 0 Å². The van der Waals surface area contributed by atoms with Crippen molar-refractivity contribution in [1.82, 2.24) is 5.32 Å². The van der Waals surface area contributed by atoms with Crippen LogP contribution < -0.4 is 5.32 Å². The summed E-state index contributed by atoms with van der Waals surface area (Å²) in [6.07, 6.45) is 1.07. The Hall–Kier alpha value is -2.64. The van der Waals surface area contributed by atoms with Crippen LogP contribution in [-0.2, 0) is 33.4 Å². The Morgan fingerprint density at radius 3 is 1.94 bits per heavy atom. The van der Waals surface area contributed by atoms with Crippen LogP contribution in [0.4, 0.5) is 0 Å². The summed E-state index contributed by atoms with van der Waals surface area (Å²) in [6.45, 7) is 17.0. The maximum atomic E-state index is 13.4. The second-order valence-corrected chi connectivity index (χ2v) is 11.1. The van der Waals surface area contributed by atoms with Gasteiger partial charge < -0.3 is 19.5 Å². The standard InChI is InChI=1S/C23H33NO7/c1-20(2,3)24-17-14(18(27)30-21(4,5)6)15(19(28)31-22(7,8)9)23(10)13(29-17)11-12(25)16(23)26/h11,15,24H,1-10H3/t15-,23-/m0/s1. The minimum absolute atomic E-state index is 0.00239. The molecule has 172 valence electrons. The molecule has 8 heteroatoms. The predicted octanol–water partition coefficient (Wildman–Crippen LogP) is 2.96. The minimum atomic E-state index is -1.71. The zero-order valence-electron chi connectivity index (χ0n) is 20.0. The number of Topliss-reactive ketones (excluding diaryl/α,β-unsaturated/α-hetero) is 1. The van der Waals surface area contributed by atoms with Crippen LogP contribution in [0.25, 0.3) is 0 Å². The Morgan fingerprint density at radius 2 is 1.48 bits per heavy atom. The predicted molar refractivity (Wildman–Crippen MR) is 112 cm³/mol. The van der Waals surface area contributed by atoms with Crippen LogP contribution in [0.5, 0.6) is 0 Å². The van der Waals surface area contributed by atoms with E-state index in [0.717, 1.165) is 6.08 Å². The van der Waals surface area contributed by atoms with Gasteiger partial charge in [-0.3, -0.25) is 14.4 Å². The summed E-state index contributed by atoms with van der Waals surface area (Å²) >= 11 is 0. The maximum absolute atomic E-state index is 13.4. The van der Waals surface area contributed by atoms with Gasteiger partial charge in [0, 0.05) is 11.6 Å². The second-order valence-electron chi connectivity index (χ2n) is 11.1. The average Bonchev–Trinajstić information content (AvgIpc) is 2.72. The molecule has 0 saturated heterocycles. The van der Waals surface area contributed by atoms with E-state index < -0.39 is 51.6 Å². The molecule has 0 amide bonds. The molecule has 1 aliphatic carbocycles. The topological polar surface area (TPSA) is 108 Å². The van der Waals surface area contributed by atoms with E-state index in [1.54, 1.807) is 41.5 Å². The number of allylic oxidation sites excluding steroid dienone is 2.